The van der Waals surface area contributed by atoms with E-state index >= 15 is 0 Å². The fourth-order valence-corrected chi connectivity index (χ4v) is 1.38. The van der Waals surface area contributed by atoms with Gasteiger partial charge >= 0.3 is 5.97 Å². The van der Waals surface area contributed by atoms with Crippen LogP contribution in [0.25, 0.3) is 0 Å². The molecule has 0 aromatic heterocycles. The van der Waals surface area contributed by atoms with Gasteiger partial charge in [-0.1, -0.05) is 20.3 Å². The van der Waals surface area contributed by atoms with Crippen molar-refractivity contribution in [3.63, 3.8) is 0 Å². The van der Waals surface area contributed by atoms with E-state index in [9.17, 15) is 9.90 Å². The van der Waals surface area contributed by atoms with Crippen molar-refractivity contribution in [2.24, 2.45) is 0 Å². The van der Waals surface area contributed by atoms with Crippen LogP contribution in [0.4, 0.5) is 0 Å². The van der Waals surface area contributed by atoms with Crippen LogP contribution < -0.4 is 0 Å². The summed E-state index contributed by atoms with van der Waals surface area (Å²) < 4.78 is 5.24. The maximum atomic E-state index is 11.2. The van der Waals surface area contributed by atoms with Gasteiger partial charge in [0, 0.05) is 12.8 Å². The van der Waals surface area contributed by atoms with Crippen molar-refractivity contribution in [2.75, 3.05) is 0 Å². The quantitative estimate of drug-likeness (QED) is 0.644. The van der Waals surface area contributed by atoms with E-state index in [0.717, 1.165) is 19.3 Å². The fourth-order valence-electron chi connectivity index (χ4n) is 1.38. The third-order valence-corrected chi connectivity index (χ3v) is 1.97. The van der Waals surface area contributed by atoms with Gasteiger partial charge in [0.2, 0.25) is 0 Å². The number of hydrogen-bond acceptors (Lipinski definition) is 3. The number of carbonyl (C=O) groups excluding carboxylic acids is 1. The molecular formula is C11H22O3. The van der Waals surface area contributed by atoms with E-state index in [1.807, 2.05) is 13.8 Å². The zero-order valence-corrected chi connectivity index (χ0v) is 9.45. The Kier molecular flexibility index (Phi) is 7.48. The lowest BCUT2D eigenvalue weighted by atomic mass is 10.1. The van der Waals surface area contributed by atoms with E-state index in [1.54, 1.807) is 6.92 Å². The van der Waals surface area contributed by atoms with Gasteiger partial charge in [-0.05, 0) is 19.8 Å². The van der Waals surface area contributed by atoms with Crippen molar-refractivity contribution in [3.05, 3.63) is 0 Å². The molecule has 0 fully saturated rings. The van der Waals surface area contributed by atoms with Gasteiger partial charge in [-0.2, -0.15) is 0 Å². The van der Waals surface area contributed by atoms with Crippen molar-refractivity contribution in [3.8, 4) is 0 Å². The van der Waals surface area contributed by atoms with Crippen molar-refractivity contribution in [2.45, 2.75) is 65.1 Å². The molecule has 0 aromatic rings. The molecule has 0 spiro atoms. The van der Waals surface area contributed by atoms with Gasteiger partial charge in [0.15, 0.2) is 0 Å². The Morgan fingerprint density at radius 1 is 1.36 bits per heavy atom. The highest BCUT2D eigenvalue weighted by molar-refractivity contribution is 5.69. The van der Waals surface area contributed by atoms with Crippen LogP contribution in [0, 0.1) is 0 Å². The molecule has 0 amide bonds. The van der Waals surface area contributed by atoms with Gasteiger partial charge in [0.05, 0.1) is 6.10 Å². The highest BCUT2D eigenvalue weighted by Gasteiger charge is 2.15. The first-order valence-electron chi connectivity index (χ1n) is 5.47. The van der Waals surface area contributed by atoms with E-state index in [2.05, 4.69) is 0 Å². The summed E-state index contributed by atoms with van der Waals surface area (Å²) >= 11 is 0. The summed E-state index contributed by atoms with van der Waals surface area (Å²) in [5, 5.41) is 9.20. The van der Waals surface area contributed by atoms with Crippen LogP contribution in [0.15, 0.2) is 0 Å². The summed E-state index contributed by atoms with van der Waals surface area (Å²) in [5.41, 5.74) is 0. The number of rotatable bonds is 7. The molecule has 0 saturated heterocycles. The molecule has 0 aliphatic rings. The average Bonchev–Trinajstić information content (AvgIpc) is 2.03. The molecule has 0 radical (unpaired) electrons. The Morgan fingerprint density at radius 2 is 2.00 bits per heavy atom. The van der Waals surface area contributed by atoms with Crippen molar-refractivity contribution < 1.29 is 14.6 Å². The maximum Gasteiger partial charge on any atom is 0.306 e. The van der Waals surface area contributed by atoms with Crippen molar-refractivity contribution in [1.29, 1.82) is 0 Å². The van der Waals surface area contributed by atoms with Crippen LogP contribution in [0.2, 0.25) is 0 Å². The van der Waals surface area contributed by atoms with Crippen molar-refractivity contribution in [1.82, 2.24) is 0 Å². The lowest BCUT2D eigenvalue weighted by Gasteiger charge is -2.18. The predicted octanol–water partition coefficient (Wildman–Crippen LogP) is 2.27. The molecule has 2 atom stereocenters. The SMILES string of the molecule is CCCC(=O)O[C@@H](CCC)C[C@H](C)O. The van der Waals surface area contributed by atoms with Gasteiger partial charge in [-0.3, -0.25) is 4.79 Å². The van der Waals surface area contributed by atoms with Crippen LogP contribution in [-0.2, 0) is 9.53 Å². The Labute approximate surface area is 86.5 Å². The number of aliphatic hydroxyl groups excluding tert-OH is 1. The molecule has 3 heteroatoms. The monoisotopic (exact) mass is 202 g/mol. The molecule has 0 aliphatic heterocycles. The highest BCUT2D eigenvalue weighted by Crippen LogP contribution is 2.11. The van der Waals surface area contributed by atoms with Crippen LogP contribution >= 0.6 is 0 Å². The largest absolute Gasteiger partial charge is 0.462 e. The van der Waals surface area contributed by atoms with E-state index in [-0.39, 0.29) is 12.1 Å². The molecule has 0 aromatic carbocycles. The number of carbonyl (C=O) groups is 1. The summed E-state index contributed by atoms with van der Waals surface area (Å²) in [6.45, 7) is 5.71. The molecule has 84 valence electrons. The first-order chi connectivity index (χ1) is 6.60. The lowest BCUT2D eigenvalue weighted by Crippen LogP contribution is -2.22. The third kappa shape index (κ3) is 6.89. The van der Waals surface area contributed by atoms with Gasteiger partial charge in [-0.25, -0.2) is 0 Å². The second-order valence-corrected chi connectivity index (χ2v) is 3.74. The van der Waals surface area contributed by atoms with E-state index in [4.69, 9.17) is 4.74 Å². The number of hydrogen-bond donors (Lipinski definition) is 1. The molecule has 1 N–H and O–H groups in total. The Morgan fingerprint density at radius 3 is 2.43 bits per heavy atom. The van der Waals surface area contributed by atoms with Gasteiger partial charge in [0.25, 0.3) is 0 Å². The fraction of sp³-hybridized carbons (Fsp3) is 0.909. The van der Waals surface area contributed by atoms with E-state index in [1.165, 1.54) is 0 Å². The van der Waals surface area contributed by atoms with Gasteiger partial charge in [-0.15, -0.1) is 0 Å². The first-order valence-corrected chi connectivity index (χ1v) is 5.47. The number of aliphatic hydroxyl groups is 1. The summed E-state index contributed by atoms with van der Waals surface area (Å²) in [5.74, 6) is -0.147. The molecular weight excluding hydrogens is 180 g/mol. The third-order valence-electron chi connectivity index (χ3n) is 1.97. The predicted molar refractivity (Wildman–Crippen MR) is 56.0 cm³/mol. The smallest absolute Gasteiger partial charge is 0.306 e. The molecule has 0 heterocycles. The molecule has 0 rings (SSSR count). The Balaban J connectivity index is 3.88. The highest BCUT2D eigenvalue weighted by atomic mass is 16.5. The van der Waals surface area contributed by atoms with Crippen molar-refractivity contribution >= 4 is 5.97 Å². The topological polar surface area (TPSA) is 46.5 Å². The summed E-state index contributed by atoms with van der Waals surface area (Å²) in [7, 11) is 0. The molecule has 0 aliphatic carbocycles. The zero-order valence-electron chi connectivity index (χ0n) is 9.45. The second-order valence-electron chi connectivity index (χ2n) is 3.74. The van der Waals surface area contributed by atoms with E-state index < -0.39 is 6.10 Å². The van der Waals surface area contributed by atoms with Crippen LogP contribution in [0.3, 0.4) is 0 Å². The minimum absolute atomic E-state index is 0.112. The normalized spacial score (nSPS) is 14.9. The van der Waals surface area contributed by atoms with Crippen LogP contribution in [0.5, 0.6) is 0 Å². The zero-order chi connectivity index (χ0) is 11.0. The van der Waals surface area contributed by atoms with Gasteiger partial charge < -0.3 is 9.84 Å². The first kappa shape index (κ1) is 13.4. The maximum absolute atomic E-state index is 11.2. The van der Waals surface area contributed by atoms with Gasteiger partial charge in [0.1, 0.15) is 6.10 Å². The summed E-state index contributed by atoms with van der Waals surface area (Å²) in [6.07, 6.45) is 3.12. The standard InChI is InChI=1S/C11H22O3/c1-4-6-10(8-9(3)12)14-11(13)7-5-2/h9-10,12H,4-8H2,1-3H3/t9-,10-/m0/s1. The number of ether oxygens (including phenoxy) is 1. The lowest BCUT2D eigenvalue weighted by molar-refractivity contribution is -0.150. The summed E-state index contributed by atoms with van der Waals surface area (Å²) in [6, 6.07) is 0. The minimum Gasteiger partial charge on any atom is -0.462 e. The number of esters is 1. The second kappa shape index (κ2) is 7.80. The molecule has 0 bridgehead atoms. The molecule has 14 heavy (non-hydrogen) atoms. The molecule has 3 nitrogen and oxygen atoms in total. The molecule has 0 unspecified atom stereocenters. The Hall–Kier alpha value is -0.570. The van der Waals surface area contributed by atoms with Crippen LogP contribution in [0.1, 0.15) is 52.9 Å². The van der Waals surface area contributed by atoms with Crippen LogP contribution in [-0.4, -0.2) is 23.3 Å². The van der Waals surface area contributed by atoms with E-state index in [0.29, 0.717) is 12.8 Å². The summed E-state index contributed by atoms with van der Waals surface area (Å²) in [4.78, 5) is 11.2. The Bertz CT molecular complexity index is 155. The minimum atomic E-state index is -0.402. The average molecular weight is 202 g/mol. The molecule has 0 saturated carbocycles.